The van der Waals surface area contributed by atoms with E-state index in [4.69, 9.17) is 11.6 Å². The van der Waals surface area contributed by atoms with E-state index in [2.05, 4.69) is 5.10 Å². The van der Waals surface area contributed by atoms with Gasteiger partial charge in [0.1, 0.15) is 11.9 Å². The first-order valence-corrected chi connectivity index (χ1v) is 11.2. The van der Waals surface area contributed by atoms with Crippen LogP contribution in [0.5, 0.6) is 0 Å². The average Bonchev–Trinajstić information content (AvgIpc) is 3.33. The highest BCUT2D eigenvalue weighted by molar-refractivity contribution is 6.31. The van der Waals surface area contributed by atoms with E-state index in [1.165, 1.54) is 12.1 Å². The van der Waals surface area contributed by atoms with Crippen molar-refractivity contribution in [2.45, 2.75) is 12.1 Å². The maximum Gasteiger partial charge on any atom is 0.240 e. The molecule has 2 amide bonds. The topological polar surface area (TPSA) is 70.0 Å². The summed E-state index contributed by atoms with van der Waals surface area (Å²) in [6.45, 7) is 0. The summed E-state index contributed by atoms with van der Waals surface area (Å²) in [5, 5.41) is 5.95. The van der Waals surface area contributed by atoms with Crippen LogP contribution < -0.4 is 4.90 Å². The lowest BCUT2D eigenvalue weighted by atomic mass is 9.83. The Kier molecular flexibility index (Phi) is 4.64. The monoisotopic (exact) mass is 473 g/mol. The SMILES string of the molecule is O=C(c1ccccc1)C1C2C(=O)N(c3ccc(F)c(Cl)c3)C(=O)C2C2c3ccccc3C=NN12. The van der Waals surface area contributed by atoms with Crippen LogP contribution in [0.4, 0.5) is 10.1 Å². The van der Waals surface area contributed by atoms with Gasteiger partial charge in [0.2, 0.25) is 11.8 Å². The molecule has 3 heterocycles. The van der Waals surface area contributed by atoms with Crippen LogP contribution in [0.15, 0.2) is 77.9 Å². The molecule has 0 saturated carbocycles. The summed E-state index contributed by atoms with van der Waals surface area (Å²) in [6.07, 6.45) is 1.66. The third-order valence-corrected chi connectivity index (χ3v) is 7.07. The summed E-state index contributed by atoms with van der Waals surface area (Å²) in [7, 11) is 0. The Morgan fingerprint density at radius 2 is 1.62 bits per heavy atom. The number of anilines is 1. The Morgan fingerprint density at radius 3 is 2.38 bits per heavy atom. The number of hydrogen-bond donors (Lipinski definition) is 0. The van der Waals surface area contributed by atoms with Crippen LogP contribution in [0.1, 0.15) is 27.5 Å². The molecule has 4 unspecified atom stereocenters. The number of rotatable bonds is 3. The number of hydrogen-bond acceptors (Lipinski definition) is 5. The number of fused-ring (bicyclic) bond motifs is 5. The number of carbonyl (C=O) groups is 3. The molecule has 6 nitrogen and oxygen atoms in total. The Morgan fingerprint density at radius 1 is 0.912 bits per heavy atom. The number of Topliss-reactive ketones (excluding diaryl/α,β-unsaturated/α-hetero) is 1. The maximum absolute atomic E-state index is 13.8. The predicted molar refractivity (Wildman–Crippen MR) is 124 cm³/mol. The fourth-order valence-electron chi connectivity index (χ4n) is 5.32. The second-order valence-corrected chi connectivity index (χ2v) is 8.94. The summed E-state index contributed by atoms with van der Waals surface area (Å²) < 4.78 is 13.8. The molecular weight excluding hydrogens is 457 g/mol. The number of halogens is 2. The molecule has 0 bridgehead atoms. The van der Waals surface area contributed by atoms with Crippen molar-refractivity contribution in [2.24, 2.45) is 16.9 Å². The third-order valence-electron chi connectivity index (χ3n) is 6.78. The summed E-state index contributed by atoms with van der Waals surface area (Å²) in [4.78, 5) is 42.2. The number of nitrogens with zero attached hydrogens (tertiary/aromatic N) is 3. The Hall–Kier alpha value is -3.84. The smallest absolute Gasteiger partial charge is 0.240 e. The molecule has 2 saturated heterocycles. The molecule has 168 valence electrons. The van der Waals surface area contributed by atoms with Crippen molar-refractivity contribution >= 4 is 41.1 Å². The molecule has 0 spiro atoms. The fourth-order valence-corrected chi connectivity index (χ4v) is 5.50. The molecule has 3 aliphatic heterocycles. The van der Waals surface area contributed by atoms with E-state index < -0.39 is 41.6 Å². The molecule has 6 rings (SSSR count). The Bertz CT molecular complexity index is 1390. The van der Waals surface area contributed by atoms with Gasteiger partial charge in [-0.05, 0) is 29.3 Å². The van der Waals surface area contributed by atoms with Crippen LogP contribution in [-0.4, -0.2) is 34.9 Å². The first kappa shape index (κ1) is 20.7. The van der Waals surface area contributed by atoms with E-state index in [-0.39, 0.29) is 16.5 Å². The van der Waals surface area contributed by atoms with Crippen molar-refractivity contribution in [1.29, 1.82) is 0 Å². The minimum Gasteiger partial charge on any atom is -0.292 e. The van der Waals surface area contributed by atoms with Gasteiger partial charge in [0, 0.05) is 5.56 Å². The van der Waals surface area contributed by atoms with Gasteiger partial charge in [0.05, 0.1) is 34.8 Å². The summed E-state index contributed by atoms with van der Waals surface area (Å²) >= 11 is 5.94. The number of ketones is 1. The number of imide groups is 1. The molecule has 0 radical (unpaired) electrons. The van der Waals surface area contributed by atoms with Gasteiger partial charge in [-0.25, -0.2) is 9.29 Å². The van der Waals surface area contributed by atoms with Crippen LogP contribution in [-0.2, 0) is 9.59 Å². The molecule has 34 heavy (non-hydrogen) atoms. The van der Waals surface area contributed by atoms with Gasteiger partial charge >= 0.3 is 0 Å². The van der Waals surface area contributed by atoms with E-state index >= 15 is 0 Å². The third kappa shape index (κ3) is 2.86. The first-order valence-electron chi connectivity index (χ1n) is 10.8. The Balaban J connectivity index is 1.50. The van der Waals surface area contributed by atoms with Gasteiger partial charge in [-0.2, -0.15) is 5.10 Å². The molecule has 4 atom stereocenters. The van der Waals surface area contributed by atoms with Crippen molar-refractivity contribution in [3.8, 4) is 0 Å². The minimum absolute atomic E-state index is 0.181. The zero-order chi connectivity index (χ0) is 23.6. The number of carbonyl (C=O) groups excluding carboxylic acids is 3. The lowest BCUT2D eigenvalue weighted by Crippen LogP contribution is -2.44. The van der Waals surface area contributed by atoms with Crippen molar-refractivity contribution in [3.63, 3.8) is 0 Å². The van der Waals surface area contributed by atoms with Crippen molar-refractivity contribution < 1.29 is 18.8 Å². The minimum atomic E-state index is -0.959. The zero-order valence-electron chi connectivity index (χ0n) is 17.6. The zero-order valence-corrected chi connectivity index (χ0v) is 18.4. The highest BCUT2D eigenvalue weighted by atomic mass is 35.5. The highest BCUT2D eigenvalue weighted by Crippen LogP contribution is 2.53. The average molecular weight is 474 g/mol. The normalized spacial score (nSPS) is 24.8. The molecule has 2 fully saturated rings. The number of benzene rings is 3. The molecule has 0 aromatic heterocycles. The van der Waals surface area contributed by atoms with Crippen LogP contribution in [0.3, 0.4) is 0 Å². The van der Waals surface area contributed by atoms with Gasteiger partial charge < -0.3 is 0 Å². The Labute approximate surface area is 199 Å². The standard InChI is InChI=1S/C26H17ClFN3O3/c27-18-12-16(10-11-19(18)28)30-25(33)20-21(26(30)34)23(24(32)14-6-2-1-3-7-14)31-22(20)17-9-5-4-8-15(17)13-29-31/h1-13,20-23H. The highest BCUT2D eigenvalue weighted by Gasteiger charge is 2.65. The van der Waals surface area contributed by atoms with Gasteiger partial charge in [-0.1, -0.05) is 66.2 Å². The van der Waals surface area contributed by atoms with E-state index in [1.807, 2.05) is 24.3 Å². The fraction of sp³-hybridized carbons (Fsp3) is 0.154. The largest absolute Gasteiger partial charge is 0.292 e. The van der Waals surface area contributed by atoms with Gasteiger partial charge in [-0.15, -0.1) is 0 Å². The summed E-state index contributed by atoms with van der Waals surface area (Å²) in [5.41, 5.74) is 2.28. The lowest BCUT2D eigenvalue weighted by Gasteiger charge is -2.33. The maximum atomic E-state index is 13.8. The van der Waals surface area contributed by atoms with Crippen LogP contribution in [0.25, 0.3) is 0 Å². The molecule has 0 N–H and O–H groups in total. The molecule has 3 aromatic carbocycles. The quantitative estimate of drug-likeness (QED) is 0.421. The molecule has 8 heteroatoms. The second-order valence-electron chi connectivity index (χ2n) is 8.54. The van der Waals surface area contributed by atoms with E-state index in [0.29, 0.717) is 5.56 Å². The van der Waals surface area contributed by atoms with Crippen LogP contribution >= 0.6 is 11.6 Å². The molecule has 3 aromatic rings. The number of amides is 2. The van der Waals surface area contributed by atoms with E-state index in [0.717, 1.165) is 22.1 Å². The second kappa shape index (κ2) is 7.60. The summed E-state index contributed by atoms with van der Waals surface area (Å²) in [5.74, 6) is -3.68. The van der Waals surface area contributed by atoms with E-state index in [1.54, 1.807) is 41.6 Å². The van der Waals surface area contributed by atoms with Crippen LogP contribution in [0, 0.1) is 17.7 Å². The number of hydrazone groups is 1. The van der Waals surface area contributed by atoms with Gasteiger partial charge in [0.25, 0.3) is 0 Å². The predicted octanol–water partition coefficient (Wildman–Crippen LogP) is 4.24. The van der Waals surface area contributed by atoms with E-state index in [9.17, 15) is 18.8 Å². The van der Waals surface area contributed by atoms with Gasteiger partial charge in [-0.3, -0.25) is 19.4 Å². The lowest BCUT2D eigenvalue weighted by molar-refractivity contribution is -0.124. The molecule has 3 aliphatic rings. The van der Waals surface area contributed by atoms with Gasteiger partial charge in [0.15, 0.2) is 5.78 Å². The van der Waals surface area contributed by atoms with Crippen molar-refractivity contribution in [3.05, 3.63) is 100 Å². The van der Waals surface area contributed by atoms with Crippen LogP contribution in [0.2, 0.25) is 5.02 Å². The first-order chi connectivity index (χ1) is 16.5. The van der Waals surface area contributed by atoms with Crippen molar-refractivity contribution in [2.75, 3.05) is 4.90 Å². The summed E-state index contributed by atoms with van der Waals surface area (Å²) in [6, 6.07) is 18.4. The molecular formula is C26H17ClFN3O3. The van der Waals surface area contributed by atoms with Crippen molar-refractivity contribution in [1.82, 2.24) is 5.01 Å². The molecule has 0 aliphatic carbocycles.